The zero-order chi connectivity index (χ0) is 11.1. The van der Waals surface area contributed by atoms with E-state index in [1.807, 2.05) is 0 Å². The van der Waals surface area contributed by atoms with Crippen molar-refractivity contribution >= 4 is 5.95 Å². The Kier molecular flexibility index (Phi) is 4.55. The van der Waals surface area contributed by atoms with Gasteiger partial charge in [-0.1, -0.05) is 0 Å². The molecule has 0 bridgehead atoms. The van der Waals surface area contributed by atoms with E-state index in [1.165, 1.54) is 7.11 Å². The molecule has 84 valence electrons. The van der Waals surface area contributed by atoms with Crippen LogP contribution < -0.4 is 14.8 Å². The lowest BCUT2D eigenvalue weighted by Crippen LogP contribution is -2.09. The van der Waals surface area contributed by atoms with Crippen LogP contribution >= 0.6 is 0 Å². The number of methoxy groups -OCH3 is 2. The minimum atomic E-state index is 0.210. The van der Waals surface area contributed by atoms with Gasteiger partial charge in [-0.3, -0.25) is 0 Å². The van der Waals surface area contributed by atoms with Gasteiger partial charge in [-0.2, -0.15) is 9.97 Å². The van der Waals surface area contributed by atoms with Gasteiger partial charge in [-0.25, -0.2) is 0 Å². The minimum Gasteiger partial charge on any atom is -0.467 e. The molecular formula is C8H14N4O3. The molecule has 1 aromatic rings. The molecule has 0 saturated carbocycles. The summed E-state index contributed by atoms with van der Waals surface area (Å²) in [4.78, 5) is 11.8. The van der Waals surface area contributed by atoms with E-state index in [2.05, 4.69) is 20.3 Å². The lowest BCUT2D eigenvalue weighted by Gasteiger charge is -2.06. The number of nitrogens with zero attached hydrogens (tertiary/aromatic N) is 3. The second kappa shape index (κ2) is 5.97. The molecule has 0 fully saturated rings. The van der Waals surface area contributed by atoms with E-state index in [0.29, 0.717) is 19.2 Å². The van der Waals surface area contributed by atoms with E-state index in [9.17, 15) is 0 Å². The number of hydrogen-bond acceptors (Lipinski definition) is 7. The highest BCUT2D eigenvalue weighted by molar-refractivity contribution is 5.26. The Bertz CT molecular complexity index is 286. The molecule has 0 atom stereocenters. The second-order valence-corrected chi connectivity index (χ2v) is 2.52. The molecule has 7 heteroatoms. The summed E-state index contributed by atoms with van der Waals surface area (Å²) in [6, 6.07) is 0.421. The smallest absolute Gasteiger partial charge is 0.324 e. The van der Waals surface area contributed by atoms with E-state index in [1.54, 1.807) is 14.2 Å². The normalized spacial score (nSPS) is 9.80. The predicted molar refractivity (Wildman–Crippen MR) is 53.3 cm³/mol. The molecule has 1 N–H and O–H groups in total. The first-order chi connectivity index (χ1) is 7.30. The summed E-state index contributed by atoms with van der Waals surface area (Å²) in [5.74, 6) is 0.397. The molecule has 0 aliphatic rings. The van der Waals surface area contributed by atoms with Crippen LogP contribution in [0, 0.1) is 0 Å². The standard InChI is InChI=1S/C8H14N4O3/c1-9-6-10-7(14-3)12-8(11-6)15-5-4-13-2/h4-5H2,1-3H3,(H,9,10,11,12). The van der Waals surface area contributed by atoms with Gasteiger partial charge in [0.1, 0.15) is 6.61 Å². The monoisotopic (exact) mass is 214 g/mol. The molecule has 0 radical (unpaired) electrons. The fourth-order valence-corrected chi connectivity index (χ4v) is 0.822. The quantitative estimate of drug-likeness (QED) is 0.665. The van der Waals surface area contributed by atoms with Crippen LogP contribution in [-0.2, 0) is 4.74 Å². The van der Waals surface area contributed by atoms with Crippen molar-refractivity contribution in [3.8, 4) is 12.0 Å². The van der Waals surface area contributed by atoms with Crippen molar-refractivity contribution in [1.29, 1.82) is 0 Å². The Morgan fingerprint density at radius 2 is 1.80 bits per heavy atom. The molecule has 0 saturated heterocycles. The first-order valence-electron chi connectivity index (χ1n) is 4.39. The third-order valence-corrected chi connectivity index (χ3v) is 1.52. The van der Waals surface area contributed by atoms with Crippen LogP contribution in [-0.4, -0.2) is 49.4 Å². The van der Waals surface area contributed by atoms with Crippen LogP contribution in [0.2, 0.25) is 0 Å². The van der Waals surface area contributed by atoms with Gasteiger partial charge in [0.25, 0.3) is 0 Å². The van der Waals surface area contributed by atoms with Crippen LogP contribution in [0.4, 0.5) is 5.95 Å². The van der Waals surface area contributed by atoms with E-state index in [0.717, 1.165) is 0 Å². The van der Waals surface area contributed by atoms with Crippen molar-refractivity contribution in [3.05, 3.63) is 0 Å². The van der Waals surface area contributed by atoms with Crippen molar-refractivity contribution in [2.24, 2.45) is 0 Å². The molecule has 0 amide bonds. The maximum atomic E-state index is 5.22. The predicted octanol–water partition coefficient (Wildman–Crippen LogP) is -0.0529. The third kappa shape index (κ3) is 3.55. The summed E-state index contributed by atoms with van der Waals surface area (Å²) in [6.07, 6.45) is 0. The van der Waals surface area contributed by atoms with E-state index < -0.39 is 0 Å². The number of ether oxygens (including phenoxy) is 3. The molecule has 1 aromatic heterocycles. The summed E-state index contributed by atoms with van der Waals surface area (Å²) in [6.45, 7) is 0.857. The van der Waals surface area contributed by atoms with Crippen molar-refractivity contribution in [1.82, 2.24) is 15.0 Å². The molecule has 0 aliphatic carbocycles. The Morgan fingerprint density at radius 1 is 1.07 bits per heavy atom. The Balaban J connectivity index is 2.68. The minimum absolute atomic E-state index is 0.210. The number of anilines is 1. The van der Waals surface area contributed by atoms with Gasteiger partial charge in [-0.05, 0) is 0 Å². The maximum Gasteiger partial charge on any atom is 0.324 e. The van der Waals surface area contributed by atoms with Gasteiger partial charge in [-0.15, -0.1) is 4.98 Å². The van der Waals surface area contributed by atoms with Crippen molar-refractivity contribution < 1.29 is 14.2 Å². The number of aromatic nitrogens is 3. The highest BCUT2D eigenvalue weighted by Gasteiger charge is 2.06. The molecule has 15 heavy (non-hydrogen) atoms. The first kappa shape index (κ1) is 11.4. The molecular weight excluding hydrogens is 200 g/mol. The molecule has 0 unspecified atom stereocenters. The summed E-state index contributed by atoms with van der Waals surface area (Å²) in [7, 11) is 4.78. The van der Waals surface area contributed by atoms with Crippen LogP contribution in [0.3, 0.4) is 0 Å². The van der Waals surface area contributed by atoms with Crippen molar-refractivity contribution in [2.45, 2.75) is 0 Å². The van der Waals surface area contributed by atoms with Gasteiger partial charge in [0.15, 0.2) is 0 Å². The van der Waals surface area contributed by atoms with Gasteiger partial charge < -0.3 is 19.5 Å². The average molecular weight is 214 g/mol. The number of rotatable bonds is 6. The SMILES string of the molecule is CNc1nc(OC)nc(OCCOC)n1. The van der Waals surface area contributed by atoms with E-state index in [4.69, 9.17) is 14.2 Å². The lowest BCUT2D eigenvalue weighted by atomic mass is 10.8. The number of hydrogen-bond donors (Lipinski definition) is 1. The Morgan fingerprint density at radius 3 is 2.40 bits per heavy atom. The summed E-state index contributed by atoms with van der Waals surface area (Å²) < 4.78 is 14.9. The highest BCUT2D eigenvalue weighted by Crippen LogP contribution is 2.11. The molecule has 0 spiro atoms. The Labute approximate surface area is 87.8 Å². The van der Waals surface area contributed by atoms with E-state index >= 15 is 0 Å². The summed E-state index contributed by atoms with van der Waals surface area (Å²) >= 11 is 0. The largest absolute Gasteiger partial charge is 0.467 e. The Hall–Kier alpha value is -1.63. The second-order valence-electron chi connectivity index (χ2n) is 2.52. The molecule has 1 heterocycles. The van der Waals surface area contributed by atoms with Gasteiger partial charge in [0.05, 0.1) is 13.7 Å². The van der Waals surface area contributed by atoms with Crippen molar-refractivity contribution in [3.63, 3.8) is 0 Å². The molecule has 1 rings (SSSR count). The van der Waals surface area contributed by atoms with Crippen LogP contribution in [0.5, 0.6) is 12.0 Å². The molecule has 0 aliphatic heterocycles. The zero-order valence-corrected chi connectivity index (χ0v) is 8.98. The maximum absolute atomic E-state index is 5.22. The fourth-order valence-electron chi connectivity index (χ4n) is 0.822. The summed E-state index contributed by atoms with van der Waals surface area (Å²) in [5.41, 5.74) is 0. The van der Waals surface area contributed by atoms with Crippen LogP contribution in [0.1, 0.15) is 0 Å². The third-order valence-electron chi connectivity index (χ3n) is 1.52. The fraction of sp³-hybridized carbons (Fsp3) is 0.625. The molecule has 7 nitrogen and oxygen atoms in total. The summed E-state index contributed by atoms with van der Waals surface area (Å²) in [5, 5.41) is 2.78. The van der Waals surface area contributed by atoms with Gasteiger partial charge in [0, 0.05) is 14.2 Å². The van der Waals surface area contributed by atoms with Gasteiger partial charge >= 0.3 is 12.0 Å². The van der Waals surface area contributed by atoms with Crippen LogP contribution in [0.15, 0.2) is 0 Å². The van der Waals surface area contributed by atoms with E-state index in [-0.39, 0.29) is 12.0 Å². The zero-order valence-electron chi connectivity index (χ0n) is 8.98. The topological polar surface area (TPSA) is 78.4 Å². The molecule has 0 aromatic carbocycles. The first-order valence-corrected chi connectivity index (χ1v) is 4.39. The van der Waals surface area contributed by atoms with Crippen LogP contribution in [0.25, 0.3) is 0 Å². The van der Waals surface area contributed by atoms with Gasteiger partial charge in [0.2, 0.25) is 5.95 Å². The number of nitrogens with one attached hydrogen (secondary N) is 1. The lowest BCUT2D eigenvalue weighted by molar-refractivity contribution is 0.140. The van der Waals surface area contributed by atoms with Crippen molar-refractivity contribution in [2.75, 3.05) is 39.8 Å². The highest BCUT2D eigenvalue weighted by atomic mass is 16.5. The average Bonchev–Trinajstić information content (AvgIpc) is 2.29.